The first-order valence-electron chi connectivity index (χ1n) is 4.55. The third kappa shape index (κ3) is 3.18. The summed E-state index contributed by atoms with van der Waals surface area (Å²) in [7, 11) is 1.30. The van der Waals surface area contributed by atoms with Crippen LogP contribution in [0, 0.1) is 0 Å². The van der Waals surface area contributed by atoms with E-state index in [0.29, 0.717) is 12.0 Å². The van der Waals surface area contributed by atoms with Crippen LogP contribution in [0.5, 0.6) is 0 Å². The number of methoxy groups -OCH3 is 1. The normalized spacial score (nSPS) is 11.9. The van der Waals surface area contributed by atoms with Gasteiger partial charge < -0.3 is 10.5 Å². The van der Waals surface area contributed by atoms with Gasteiger partial charge in [0.05, 0.1) is 7.11 Å². The van der Waals surface area contributed by atoms with E-state index in [4.69, 9.17) is 5.73 Å². The average Bonchev–Trinajstić information content (AvgIpc) is 2.29. The van der Waals surface area contributed by atoms with E-state index < -0.39 is 12.0 Å². The number of hydrogen-bond donors (Lipinski definition) is 1. The summed E-state index contributed by atoms with van der Waals surface area (Å²) in [6.45, 7) is 0. The Morgan fingerprint density at radius 3 is 2.53 bits per heavy atom. The van der Waals surface area contributed by atoms with Crippen molar-refractivity contribution in [3.05, 3.63) is 35.4 Å². The zero-order chi connectivity index (χ0) is 11.3. The van der Waals surface area contributed by atoms with Crippen LogP contribution in [0.4, 0.5) is 0 Å². The van der Waals surface area contributed by atoms with Crippen LogP contribution in [0.2, 0.25) is 0 Å². The van der Waals surface area contributed by atoms with Gasteiger partial charge in [-0.15, -0.1) is 0 Å². The lowest BCUT2D eigenvalue weighted by Crippen LogP contribution is -2.33. The van der Waals surface area contributed by atoms with Crippen molar-refractivity contribution < 1.29 is 14.3 Å². The highest BCUT2D eigenvalue weighted by Crippen LogP contribution is 2.05. The van der Waals surface area contributed by atoms with E-state index in [2.05, 4.69) is 4.74 Å². The standard InChI is InChI=1S/C11H13NO3/c1-15-11(14)10(12)6-8-2-4-9(7-13)5-3-8/h2-5,7,10H,6,12H2,1H3/t10-/m1/s1. The van der Waals surface area contributed by atoms with Crippen LogP contribution in [0.3, 0.4) is 0 Å². The highest BCUT2D eigenvalue weighted by Gasteiger charge is 2.13. The molecule has 0 saturated heterocycles. The molecule has 15 heavy (non-hydrogen) atoms. The van der Waals surface area contributed by atoms with Crippen molar-refractivity contribution in [2.45, 2.75) is 12.5 Å². The molecule has 1 atom stereocenters. The predicted molar refractivity (Wildman–Crippen MR) is 55.5 cm³/mol. The van der Waals surface area contributed by atoms with Crippen molar-refractivity contribution in [3.63, 3.8) is 0 Å². The minimum absolute atomic E-state index is 0.409. The van der Waals surface area contributed by atoms with E-state index in [1.54, 1.807) is 24.3 Å². The first-order valence-corrected chi connectivity index (χ1v) is 4.55. The molecule has 80 valence electrons. The summed E-state index contributed by atoms with van der Waals surface area (Å²) in [5.41, 5.74) is 7.09. The summed E-state index contributed by atoms with van der Waals surface area (Å²) < 4.78 is 4.51. The highest BCUT2D eigenvalue weighted by molar-refractivity contribution is 5.76. The Balaban J connectivity index is 2.64. The van der Waals surface area contributed by atoms with Gasteiger partial charge >= 0.3 is 5.97 Å². The number of hydrogen-bond acceptors (Lipinski definition) is 4. The lowest BCUT2D eigenvalue weighted by Gasteiger charge is -2.08. The van der Waals surface area contributed by atoms with Crippen molar-refractivity contribution in [3.8, 4) is 0 Å². The minimum Gasteiger partial charge on any atom is -0.468 e. The molecule has 0 aliphatic carbocycles. The molecule has 0 amide bonds. The molecule has 1 rings (SSSR count). The van der Waals surface area contributed by atoms with Gasteiger partial charge in [-0.1, -0.05) is 24.3 Å². The molecule has 0 aromatic heterocycles. The molecule has 0 aliphatic rings. The Kier molecular flexibility index (Phi) is 4.00. The van der Waals surface area contributed by atoms with Gasteiger partial charge in [-0.05, 0) is 12.0 Å². The maximum Gasteiger partial charge on any atom is 0.322 e. The average molecular weight is 207 g/mol. The number of ether oxygens (including phenoxy) is 1. The molecule has 0 aliphatic heterocycles. The van der Waals surface area contributed by atoms with Crippen molar-refractivity contribution in [1.29, 1.82) is 0 Å². The van der Waals surface area contributed by atoms with Gasteiger partial charge in [-0.2, -0.15) is 0 Å². The van der Waals surface area contributed by atoms with E-state index in [9.17, 15) is 9.59 Å². The fourth-order valence-electron chi connectivity index (χ4n) is 1.22. The third-order valence-corrected chi connectivity index (χ3v) is 2.08. The van der Waals surface area contributed by atoms with Crippen molar-refractivity contribution in [1.82, 2.24) is 0 Å². The Morgan fingerprint density at radius 2 is 2.07 bits per heavy atom. The van der Waals surface area contributed by atoms with Crippen LogP contribution in [0.25, 0.3) is 0 Å². The predicted octanol–water partition coefficient (Wildman–Crippen LogP) is 0.542. The van der Waals surface area contributed by atoms with Gasteiger partial charge in [0.25, 0.3) is 0 Å². The van der Waals surface area contributed by atoms with Gasteiger partial charge in [-0.3, -0.25) is 9.59 Å². The second-order valence-electron chi connectivity index (χ2n) is 3.19. The molecule has 4 heteroatoms. The minimum atomic E-state index is -0.655. The Morgan fingerprint density at radius 1 is 1.47 bits per heavy atom. The maximum atomic E-state index is 11.0. The molecule has 2 N–H and O–H groups in total. The monoisotopic (exact) mass is 207 g/mol. The molecule has 4 nitrogen and oxygen atoms in total. The molecular weight excluding hydrogens is 194 g/mol. The van der Waals surface area contributed by atoms with Gasteiger partial charge in [0.2, 0.25) is 0 Å². The molecular formula is C11H13NO3. The van der Waals surface area contributed by atoms with Crippen molar-refractivity contribution in [2.24, 2.45) is 5.73 Å². The Hall–Kier alpha value is -1.68. The Labute approximate surface area is 88.0 Å². The SMILES string of the molecule is COC(=O)[C@H](N)Cc1ccc(C=O)cc1. The zero-order valence-corrected chi connectivity index (χ0v) is 8.47. The van der Waals surface area contributed by atoms with E-state index in [1.807, 2.05) is 0 Å². The maximum absolute atomic E-state index is 11.0. The van der Waals surface area contributed by atoms with Crippen LogP contribution >= 0.6 is 0 Å². The van der Waals surface area contributed by atoms with Gasteiger partial charge in [0.15, 0.2) is 0 Å². The zero-order valence-electron chi connectivity index (χ0n) is 8.47. The highest BCUT2D eigenvalue weighted by atomic mass is 16.5. The first-order chi connectivity index (χ1) is 7.17. The number of carbonyl (C=O) groups is 2. The molecule has 0 radical (unpaired) electrons. The molecule has 0 heterocycles. The van der Waals surface area contributed by atoms with E-state index in [-0.39, 0.29) is 0 Å². The quantitative estimate of drug-likeness (QED) is 0.578. The van der Waals surface area contributed by atoms with Gasteiger partial charge in [0.1, 0.15) is 12.3 Å². The molecule has 0 spiro atoms. The summed E-state index contributed by atoms with van der Waals surface area (Å²) in [5, 5.41) is 0. The van der Waals surface area contributed by atoms with Gasteiger partial charge in [-0.25, -0.2) is 0 Å². The van der Waals surface area contributed by atoms with E-state index in [0.717, 1.165) is 11.8 Å². The number of benzene rings is 1. The van der Waals surface area contributed by atoms with E-state index in [1.165, 1.54) is 7.11 Å². The number of nitrogens with two attached hydrogens (primary N) is 1. The summed E-state index contributed by atoms with van der Waals surface area (Å²) in [6.07, 6.45) is 1.18. The summed E-state index contributed by atoms with van der Waals surface area (Å²) in [4.78, 5) is 21.4. The number of carbonyl (C=O) groups excluding carboxylic acids is 2. The second kappa shape index (κ2) is 5.26. The second-order valence-corrected chi connectivity index (χ2v) is 3.19. The summed E-state index contributed by atoms with van der Waals surface area (Å²) in [6, 6.07) is 6.26. The van der Waals surface area contributed by atoms with Crippen molar-refractivity contribution in [2.75, 3.05) is 7.11 Å². The Bertz CT molecular complexity index is 345. The number of rotatable bonds is 4. The fourth-order valence-corrected chi connectivity index (χ4v) is 1.22. The topological polar surface area (TPSA) is 69.4 Å². The van der Waals surface area contributed by atoms with Crippen LogP contribution in [-0.2, 0) is 16.0 Å². The van der Waals surface area contributed by atoms with Crippen molar-refractivity contribution >= 4 is 12.3 Å². The summed E-state index contributed by atoms with van der Waals surface area (Å²) >= 11 is 0. The largest absolute Gasteiger partial charge is 0.468 e. The van der Waals surface area contributed by atoms with Crippen LogP contribution < -0.4 is 5.73 Å². The fraction of sp³-hybridized carbons (Fsp3) is 0.273. The number of aldehydes is 1. The summed E-state index contributed by atoms with van der Waals surface area (Å²) in [5.74, 6) is -0.436. The molecule has 0 saturated carbocycles. The van der Waals surface area contributed by atoms with Crippen LogP contribution in [0.1, 0.15) is 15.9 Å². The van der Waals surface area contributed by atoms with Crippen LogP contribution in [-0.4, -0.2) is 25.4 Å². The first kappa shape index (κ1) is 11.4. The smallest absolute Gasteiger partial charge is 0.322 e. The number of esters is 1. The molecule has 0 bridgehead atoms. The lowest BCUT2D eigenvalue weighted by molar-refractivity contribution is -0.142. The van der Waals surface area contributed by atoms with Crippen LogP contribution in [0.15, 0.2) is 24.3 Å². The molecule has 1 aromatic carbocycles. The molecule has 1 aromatic rings. The molecule has 0 fully saturated rings. The lowest BCUT2D eigenvalue weighted by atomic mass is 10.1. The third-order valence-electron chi connectivity index (χ3n) is 2.08. The molecule has 0 unspecified atom stereocenters. The van der Waals surface area contributed by atoms with E-state index >= 15 is 0 Å². The van der Waals surface area contributed by atoms with Gasteiger partial charge in [0, 0.05) is 5.56 Å².